The molecule has 0 amide bonds. The van der Waals surface area contributed by atoms with Crippen LogP contribution in [0.1, 0.15) is 20.3 Å². The van der Waals surface area contributed by atoms with Gasteiger partial charge in [-0.25, -0.2) is 4.98 Å². The smallest absolute Gasteiger partial charge is 0.148 e. The minimum Gasteiger partial charge on any atom is -0.382 e. The molecule has 0 radical (unpaired) electrons. The van der Waals surface area contributed by atoms with Gasteiger partial charge in [0, 0.05) is 0 Å². The number of nitrogens with two attached hydrogens (primary N) is 1. The van der Waals surface area contributed by atoms with Crippen molar-refractivity contribution in [3.05, 3.63) is 12.4 Å². The zero-order chi connectivity index (χ0) is 10.6. The van der Waals surface area contributed by atoms with Crippen LogP contribution in [0.3, 0.4) is 0 Å². The highest BCUT2D eigenvalue weighted by Crippen LogP contribution is 2.15. The number of rotatable bonds is 3. The number of nitrogens with zero attached hydrogens (tertiary/aromatic N) is 2. The first-order valence-electron chi connectivity index (χ1n) is 4.43. The van der Waals surface area contributed by atoms with E-state index in [0.717, 1.165) is 6.42 Å². The molecule has 14 heavy (non-hydrogen) atoms. The predicted octanol–water partition coefficient (Wildman–Crippen LogP) is 1.27. The number of nitrogen functional groups attached to an aromatic ring is 1. The first-order chi connectivity index (χ1) is 6.59. The Morgan fingerprint density at radius 2 is 2.36 bits per heavy atom. The second-order valence-electron chi connectivity index (χ2n) is 3.28. The Hall–Kier alpha value is -1.76. The molecule has 0 fully saturated rings. The fraction of sp³-hybridized carbons (Fsp3) is 0.400. The molecule has 1 unspecified atom stereocenters. The number of anilines is 2. The summed E-state index contributed by atoms with van der Waals surface area (Å²) >= 11 is 0. The van der Waals surface area contributed by atoms with Crippen LogP contribution >= 0.6 is 0 Å². The van der Waals surface area contributed by atoms with Gasteiger partial charge in [-0.15, -0.1) is 6.42 Å². The van der Waals surface area contributed by atoms with Crippen molar-refractivity contribution in [3.8, 4) is 12.3 Å². The van der Waals surface area contributed by atoms with Crippen molar-refractivity contribution in [2.75, 3.05) is 11.1 Å². The number of nitrogens with one attached hydrogen (secondary N) is 1. The SMILES string of the molecule is C#CC(C)(CC)Nc1cncc(N)n1. The van der Waals surface area contributed by atoms with E-state index in [-0.39, 0.29) is 0 Å². The van der Waals surface area contributed by atoms with E-state index < -0.39 is 5.54 Å². The molecule has 1 aromatic rings. The van der Waals surface area contributed by atoms with E-state index in [0.29, 0.717) is 11.6 Å². The lowest BCUT2D eigenvalue weighted by Gasteiger charge is -2.23. The molecule has 3 N–H and O–H groups in total. The van der Waals surface area contributed by atoms with Crippen LogP contribution in [0.15, 0.2) is 12.4 Å². The summed E-state index contributed by atoms with van der Waals surface area (Å²) in [5.41, 5.74) is 5.09. The number of aromatic nitrogens is 2. The van der Waals surface area contributed by atoms with E-state index in [1.165, 1.54) is 6.20 Å². The summed E-state index contributed by atoms with van der Waals surface area (Å²) in [4.78, 5) is 7.98. The maximum atomic E-state index is 5.50. The minimum atomic E-state index is -0.400. The highest BCUT2D eigenvalue weighted by Gasteiger charge is 2.18. The van der Waals surface area contributed by atoms with Crippen LogP contribution in [0.5, 0.6) is 0 Å². The lowest BCUT2D eigenvalue weighted by atomic mass is 10.0. The molecule has 0 saturated carbocycles. The zero-order valence-electron chi connectivity index (χ0n) is 8.41. The van der Waals surface area contributed by atoms with Crippen molar-refractivity contribution in [1.82, 2.24) is 9.97 Å². The van der Waals surface area contributed by atoms with Gasteiger partial charge in [0.05, 0.1) is 17.9 Å². The molecular formula is C10H14N4. The van der Waals surface area contributed by atoms with Crippen molar-refractivity contribution in [2.24, 2.45) is 0 Å². The minimum absolute atomic E-state index is 0.380. The molecular weight excluding hydrogens is 176 g/mol. The Bertz CT molecular complexity index is 355. The van der Waals surface area contributed by atoms with Crippen LogP contribution < -0.4 is 11.1 Å². The topological polar surface area (TPSA) is 63.8 Å². The summed E-state index contributed by atoms with van der Waals surface area (Å²) < 4.78 is 0. The Morgan fingerprint density at radius 3 is 2.86 bits per heavy atom. The lowest BCUT2D eigenvalue weighted by molar-refractivity contribution is 0.631. The maximum absolute atomic E-state index is 5.50. The van der Waals surface area contributed by atoms with E-state index >= 15 is 0 Å². The molecule has 0 aliphatic heterocycles. The average Bonchev–Trinajstić information content (AvgIpc) is 2.18. The largest absolute Gasteiger partial charge is 0.382 e. The van der Waals surface area contributed by atoms with Crippen LogP contribution in [0, 0.1) is 12.3 Å². The molecule has 0 aliphatic carbocycles. The molecule has 1 heterocycles. The van der Waals surface area contributed by atoms with E-state index in [1.807, 2.05) is 13.8 Å². The van der Waals surface area contributed by atoms with Gasteiger partial charge in [0.1, 0.15) is 11.6 Å². The Kier molecular flexibility index (Phi) is 2.92. The van der Waals surface area contributed by atoms with Gasteiger partial charge in [0.25, 0.3) is 0 Å². The van der Waals surface area contributed by atoms with Crippen molar-refractivity contribution >= 4 is 11.6 Å². The van der Waals surface area contributed by atoms with Gasteiger partial charge in [0.2, 0.25) is 0 Å². The monoisotopic (exact) mass is 190 g/mol. The molecule has 0 aromatic carbocycles. The summed E-state index contributed by atoms with van der Waals surface area (Å²) in [5.74, 6) is 3.66. The molecule has 1 atom stereocenters. The van der Waals surface area contributed by atoms with Crippen LogP contribution in [0.2, 0.25) is 0 Å². The van der Waals surface area contributed by atoms with Gasteiger partial charge >= 0.3 is 0 Å². The van der Waals surface area contributed by atoms with E-state index in [4.69, 9.17) is 12.2 Å². The molecule has 74 valence electrons. The molecule has 1 aromatic heterocycles. The average molecular weight is 190 g/mol. The third-order valence-electron chi connectivity index (χ3n) is 2.08. The first-order valence-corrected chi connectivity index (χ1v) is 4.43. The van der Waals surface area contributed by atoms with Gasteiger partial charge in [-0.1, -0.05) is 12.8 Å². The van der Waals surface area contributed by atoms with E-state index in [9.17, 15) is 0 Å². The highest BCUT2D eigenvalue weighted by molar-refractivity contribution is 5.43. The molecule has 4 nitrogen and oxygen atoms in total. The van der Waals surface area contributed by atoms with E-state index in [1.54, 1.807) is 6.20 Å². The van der Waals surface area contributed by atoms with Crippen LogP contribution in [0.4, 0.5) is 11.6 Å². The van der Waals surface area contributed by atoms with Crippen LogP contribution in [-0.4, -0.2) is 15.5 Å². The number of hydrogen-bond acceptors (Lipinski definition) is 4. The van der Waals surface area contributed by atoms with Gasteiger partial charge < -0.3 is 11.1 Å². The second-order valence-corrected chi connectivity index (χ2v) is 3.28. The number of hydrogen-bond donors (Lipinski definition) is 2. The highest BCUT2D eigenvalue weighted by atomic mass is 15.1. The first kappa shape index (κ1) is 10.3. The van der Waals surface area contributed by atoms with Crippen LogP contribution in [-0.2, 0) is 0 Å². The quantitative estimate of drug-likeness (QED) is 0.704. The normalized spacial score (nSPS) is 14.1. The van der Waals surface area contributed by atoms with Crippen molar-refractivity contribution in [1.29, 1.82) is 0 Å². The fourth-order valence-corrected chi connectivity index (χ4v) is 0.950. The predicted molar refractivity (Wildman–Crippen MR) is 57.6 cm³/mol. The summed E-state index contributed by atoms with van der Waals surface area (Å²) in [6, 6.07) is 0. The Labute approximate surface area is 83.9 Å². The molecule has 1 rings (SSSR count). The summed E-state index contributed by atoms with van der Waals surface area (Å²) in [7, 11) is 0. The van der Waals surface area contributed by atoms with Gasteiger partial charge in [0.15, 0.2) is 0 Å². The lowest BCUT2D eigenvalue weighted by Crippen LogP contribution is -2.32. The Balaban J connectivity index is 2.84. The third kappa shape index (κ3) is 2.36. The third-order valence-corrected chi connectivity index (χ3v) is 2.08. The van der Waals surface area contributed by atoms with Gasteiger partial charge in [-0.2, -0.15) is 0 Å². The van der Waals surface area contributed by atoms with Crippen molar-refractivity contribution in [2.45, 2.75) is 25.8 Å². The summed E-state index contributed by atoms with van der Waals surface area (Å²) in [6.45, 7) is 3.93. The zero-order valence-corrected chi connectivity index (χ0v) is 8.41. The van der Waals surface area contributed by atoms with Crippen molar-refractivity contribution < 1.29 is 0 Å². The van der Waals surface area contributed by atoms with Gasteiger partial charge in [-0.05, 0) is 13.3 Å². The fourth-order valence-electron chi connectivity index (χ4n) is 0.950. The second kappa shape index (κ2) is 3.97. The molecule has 0 spiro atoms. The van der Waals surface area contributed by atoms with Gasteiger partial charge in [-0.3, -0.25) is 4.98 Å². The molecule has 0 aliphatic rings. The molecule has 0 saturated heterocycles. The van der Waals surface area contributed by atoms with Crippen LogP contribution in [0.25, 0.3) is 0 Å². The Morgan fingerprint density at radius 1 is 1.64 bits per heavy atom. The maximum Gasteiger partial charge on any atom is 0.148 e. The summed E-state index contributed by atoms with van der Waals surface area (Å²) in [6.07, 6.45) is 9.31. The standard InChI is InChI=1S/C10H14N4/c1-4-10(3,5-2)14-9-7-12-6-8(11)13-9/h1,6-7H,5H2,2-3H3,(H3,11,13,14). The summed E-state index contributed by atoms with van der Waals surface area (Å²) in [5, 5.41) is 3.11. The van der Waals surface area contributed by atoms with Crippen molar-refractivity contribution in [3.63, 3.8) is 0 Å². The molecule has 4 heteroatoms. The number of terminal acetylenes is 1. The molecule has 0 bridgehead atoms. The van der Waals surface area contributed by atoms with E-state index in [2.05, 4.69) is 21.2 Å².